The van der Waals surface area contributed by atoms with E-state index in [2.05, 4.69) is 37.6 Å². The van der Waals surface area contributed by atoms with Crippen molar-refractivity contribution >= 4 is 29.8 Å². The molecular weight excluding hydrogens is 556 g/mol. The van der Waals surface area contributed by atoms with Crippen LogP contribution in [0.1, 0.15) is 52.0 Å². The standard InChI is InChI=1S/C25H32O7.C8H10O3/c1-5-18(2)23(27)30-16-22(32-25(29)19(3)10-9-15-26)17-31-24(28)20(4)13-14-21-11-7-6-8-12-21;1-5(2)7(9)11-8(10)6(3)4/h6-8,11-12,22,26H,2-5,9-10,13-17H2,1H3;1,3H2,2,4H3. The first-order valence-electron chi connectivity index (χ1n) is 13.5. The molecule has 1 rings (SSSR count). The van der Waals surface area contributed by atoms with Gasteiger partial charge in [0, 0.05) is 34.5 Å². The second-order valence-electron chi connectivity index (χ2n) is 9.44. The normalized spacial score (nSPS) is 10.5. The van der Waals surface area contributed by atoms with Crippen LogP contribution in [-0.2, 0) is 49.3 Å². The average Bonchev–Trinajstić information content (AvgIpc) is 2.99. The first kappa shape index (κ1) is 38.4. The topological polar surface area (TPSA) is 142 Å². The van der Waals surface area contributed by atoms with Crippen molar-refractivity contribution in [3.05, 3.63) is 96.7 Å². The molecular formula is C33H42O10. The fraction of sp³-hybridized carbons (Fsp3) is 0.364. The number of hydrogen-bond acceptors (Lipinski definition) is 10. The molecule has 1 N–H and O–H groups in total. The Balaban J connectivity index is 0.00000135. The molecule has 0 spiro atoms. The quantitative estimate of drug-likeness (QED) is 0.116. The third-order valence-electron chi connectivity index (χ3n) is 5.44. The summed E-state index contributed by atoms with van der Waals surface area (Å²) < 4.78 is 19.9. The zero-order valence-electron chi connectivity index (χ0n) is 25.3. The minimum Gasteiger partial charge on any atom is -0.458 e. The van der Waals surface area contributed by atoms with E-state index in [4.69, 9.17) is 19.3 Å². The first-order valence-corrected chi connectivity index (χ1v) is 13.5. The van der Waals surface area contributed by atoms with Gasteiger partial charge in [0.05, 0.1) is 0 Å². The van der Waals surface area contributed by atoms with E-state index in [0.29, 0.717) is 25.7 Å². The Hall–Kier alpha value is -4.57. The highest BCUT2D eigenvalue weighted by Gasteiger charge is 2.22. The number of aliphatic hydroxyl groups is 1. The van der Waals surface area contributed by atoms with E-state index in [-0.39, 0.29) is 54.1 Å². The Bertz CT molecular complexity index is 1170. The van der Waals surface area contributed by atoms with Crippen LogP contribution in [0.2, 0.25) is 0 Å². The van der Waals surface area contributed by atoms with E-state index in [1.807, 2.05) is 30.3 Å². The van der Waals surface area contributed by atoms with Crippen LogP contribution in [0.5, 0.6) is 0 Å². The summed E-state index contributed by atoms with van der Waals surface area (Å²) >= 11 is 0. The number of rotatable bonds is 17. The molecule has 0 aromatic heterocycles. The summed E-state index contributed by atoms with van der Waals surface area (Å²) in [5, 5.41) is 8.89. The maximum Gasteiger partial charge on any atom is 0.340 e. The number of benzene rings is 1. The Labute approximate surface area is 253 Å². The van der Waals surface area contributed by atoms with E-state index >= 15 is 0 Å². The molecule has 0 radical (unpaired) electrons. The van der Waals surface area contributed by atoms with Crippen LogP contribution in [0.3, 0.4) is 0 Å². The number of aryl methyl sites for hydroxylation is 1. The molecule has 0 saturated carbocycles. The molecule has 0 aliphatic carbocycles. The fourth-order valence-electron chi connectivity index (χ4n) is 2.73. The fourth-order valence-corrected chi connectivity index (χ4v) is 2.73. The number of ether oxygens (including phenoxy) is 4. The third kappa shape index (κ3) is 17.1. The smallest absolute Gasteiger partial charge is 0.340 e. The lowest BCUT2D eigenvalue weighted by atomic mass is 10.1. The molecule has 1 aromatic rings. The van der Waals surface area contributed by atoms with Crippen LogP contribution in [-0.4, -0.2) is 60.9 Å². The second-order valence-corrected chi connectivity index (χ2v) is 9.44. The van der Waals surface area contributed by atoms with Gasteiger partial charge in [-0.15, -0.1) is 0 Å². The van der Waals surface area contributed by atoms with Crippen molar-refractivity contribution in [2.45, 2.75) is 59.0 Å². The number of aliphatic hydroxyl groups excluding tert-OH is 1. The minimum atomic E-state index is -1.02. The summed E-state index contributed by atoms with van der Waals surface area (Å²) in [5.41, 5.74) is 2.17. The Morgan fingerprint density at radius 1 is 0.721 bits per heavy atom. The van der Waals surface area contributed by atoms with Crippen LogP contribution < -0.4 is 0 Å². The molecule has 0 heterocycles. The van der Waals surface area contributed by atoms with Gasteiger partial charge in [0.25, 0.3) is 0 Å². The van der Waals surface area contributed by atoms with Crippen LogP contribution in [0, 0.1) is 0 Å². The van der Waals surface area contributed by atoms with Crippen molar-refractivity contribution < 1.29 is 48.0 Å². The van der Waals surface area contributed by atoms with Crippen molar-refractivity contribution in [2.75, 3.05) is 19.8 Å². The highest BCUT2D eigenvalue weighted by Crippen LogP contribution is 2.12. The molecule has 0 fully saturated rings. The van der Waals surface area contributed by atoms with Crippen molar-refractivity contribution in [1.29, 1.82) is 0 Å². The van der Waals surface area contributed by atoms with Gasteiger partial charge in [-0.05, 0) is 51.5 Å². The van der Waals surface area contributed by atoms with Crippen LogP contribution in [0.25, 0.3) is 0 Å². The molecule has 1 aromatic carbocycles. The molecule has 0 amide bonds. The molecule has 10 heteroatoms. The molecule has 1 unspecified atom stereocenters. The molecule has 1 atom stereocenters. The monoisotopic (exact) mass is 598 g/mol. The van der Waals surface area contributed by atoms with E-state index in [1.165, 1.54) is 13.8 Å². The van der Waals surface area contributed by atoms with Crippen LogP contribution in [0.15, 0.2) is 91.1 Å². The maximum absolute atomic E-state index is 12.3. The molecule has 10 nitrogen and oxygen atoms in total. The van der Waals surface area contributed by atoms with Gasteiger partial charge in [0.15, 0.2) is 6.10 Å². The Morgan fingerprint density at radius 3 is 1.67 bits per heavy atom. The molecule has 0 aliphatic rings. The van der Waals surface area contributed by atoms with Gasteiger partial charge in [-0.3, -0.25) is 0 Å². The molecule has 0 aliphatic heterocycles. The van der Waals surface area contributed by atoms with E-state index in [1.54, 1.807) is 6.92 Å². The molecule has 43 heavy (non-hydrogen) atoms. The van der Waals surface area contributed by atoms with Crippen LogP contribution >= 0.6 is 0 Å². The number of carbonyl (C=O) groups is 5. The van der Waals surface area contributed by atoms with Crippen molar-refractivity contribution in [3.63, 3.8) is 0 Å². The summed E-state index contributed by atoms with van der Waals surface area (Å²) in [6.07, 6.45) is 1.06. The van der Waals surface area contributed by atoms with E-state index < -0.39 is 36.0 Å². The largest absolute Gasteiger partial charge is 0.458 e. The van der Waals surface area contributed by atoms with Gasteiger partial charge in [0.2, 0.25) is 0 Å². The molecule has 0 bridgehead atoms. The van der Waals surface area contributed by atoms with Gasteiger partial charge < -0.3 is 24.1 Å². The summed E-state index contributed by atoms with van der Waals surface area (Å²) in [6, 6.07) is 9.65. The predicted molar refractivity (Wildman–Crippen MR) is 161 cm³/mol. The molecule has 234 valence electrons. The van der Waals surface area contributed by atoms with Crippen molar-refractivity contribution in [2.24, 2.45) is 0 Å². The summed E-state index contributed by atoms with van der Waals surface area (Å²) in [6.45, 7) is 21.6. The van der Waals surface area contributed by atoms with Gasteiger partial charge in [-0.1, -0.05) is 70.2 Å². The molecule has 0 saturated heterocycles. The van der Waals surface area contributed by atoms with Crippen molar-refractivity contribution in [1.82, 2.24) is 0 Å². The highest BCUT2D eigenvalue weighted by atomic mass is 16.6. The summed E-state index contributed by atoms with van der Waals surface area (Å²) in [4.78, 5) is 57.7. The summed E-state index contributed by atoms with van der Waals surface area (Å²) in [7, 11) is 0. The predicted octanol–water partition coefficient (Wildman–Crippen LogP) is 4.68. The Morgan fingerprint density at radius 2 is 1.21 bits per heavy atom. The number of esters is 5. The van der Waals surface area contributed by atoms with Gasteiger partial charge in [-0.25, -0.2) is 24.0 Å². The first-order chi connectivity index (χ1) is 20.2. The lowest BCUT2D eigenvalue weighted by Gasteiger charge is -2.19. The zero-order chi connectivity index (χ0) is 32.9. The highest BCUT2D eigenvalue weighted by molar-refractivity contribution is 6.00. The van der Waals surface area contributed by atoms with Gasteiger partial charge in [0.1, 0.15) is 13.2 Å². The minimum absolute atomic E-state index is 0.0881. The lowest BCUT2D eigenvalue weighted by molar-refractivity contribution is -0.161. The second kappa shape index (κ2) is 21.2. The zero-order valence-corrected chi connectivity index (χ0v) is 25.3. The van der Waals surface area contributed by atoms with Crippen LogP contribution in [0.4, 0.5) is 0 Å². The average molecular weight is 599 g/mol. The number of carbonyl (C=O) groups excluding carboxylic acids is 5. The number of hydrogen-bond donors (Lipinski definition) is 1. The SMILES string of the molecule is C=C(C)C(=O)OC(=O)C(=C)C.C=C(CC)C(=O)OCC(COC(=O)C(=C)CCc1ccccc1)OC(=O)C(=C)CCCO. The summed E-state index contributed by atoms with van der Waals surface area (Å²) in [5.74, 6) is -3.37. The lowest BCUT2D eigenvalue weighted by Crippen LogP contribution is -2.31. The van der Waals surface area contributed by atoms with E-state index in [9.17, 15) is 24.0 Å². The van der Waals surface area contributed by atoms with Gasteiger partial charge in [-0.2, -0.15) is 0 Å². The Kier molecular flexibility index (Phi) is 18.9. The van der Waals surface area contributed by atoms with Crippen molar-refractivity contribution in [3.8, 4) is 0 Å². The maximum atomic E-state index is 12.3. The van der Waals surface area contributed by atoms with E-state index in [0.717, 1.165) is 5.56 Å². The third-order valence-corrected chi connectivity index (χ3v) is 5.44. The van der Waals surface area contributed by atoms with Gasteiger partial charge >= 0.3 is 29.8 Å².